The second-order valence-electron chi connectivity index (χ2n) is 11.7. The molecular weight excluding hydrogens is 564 g/mol. The number of nitrogens with zero attached hydrogens (tertiary/aromatic N) is 4. The molecule has 214 valence electrons. The Hall–Kier alpha value is -6.33. The number of aromatic nitrogens is 4. The van der Waals surface area contributed by atoms with Gasteiger partial charge in [0, 0.05) is 32.7 Å². The molecule has 0 N–H and O–H groups in total. The van der Waals surface area contributed by atoms with Crippen LogP contribution in [0, 0.1) is 0 Å². The number of para-hydroxylation sites is 1. The molecule has 0 aliphatic carbocycles. The van der Waals surface area contributed by atoms with Gasteiger partial charge in [-0.3, -0.25) is 4.57 Å². The molecule has 46 heavy (non-hydrogen) atoms. The van der Waals surface area contributed by atoms with Crippen molar-refractivity contribution < 1.29 is 4.42 Å². The molecule has 0 saturated carbocycles. The Morgan fingerprint density at radius 2 is 1.07 bits per heavy atom. The molecule has 5 heteroatoms. The topological polar surface area (TPSA) is 56.7 Å². The average Bonchev–Trinajstić information content (AvgIpc) is 3.68. The van der Waals surface area contributed by atoms with Gasteiger partial charge in [-0.2, -0.15) is 9.97 Å². The van der Waals surface area contributed by atoms with E-state index in [1.165, 1.54) is 26.9 Å². The van der Waals surface area contributed by atoms with Crippen LogP contribution in [0.1, 0.15) is 0 Å². The van der Waals surface area contributed by atoms with Gasteiger partial charge >= 0.3 is 0 Å². The summed E-state index contributed by atoms with van der Waals surface area (Å²) in [5, 5.41) is 9.32. The first kappa shape index (κ1) is 25.0. The van der Waals surface area contributed by atoms with Gasteiger partial charge in [0.25, 0.3) is 0 Å². The fraction of sp³-hybridized carbons (Fsp3) is 0. The van der Waals surface area contributed by atoms with Crippen molar-refractivity contribution in [2.24, 2.45) is 0 Å². The van der Waals surface area contributed by atoms with Crippen molar-refractivity contribution in [2.45, 2.75) is 0 Å². The van der Waals surface area contributed by atoms with Gasteiger partial charge in [-0.05, 0) is 51.9 Å². The molecule has 10 aromatic rings. The predicted molar refractivity (Wildman–Crippen MR) is 187 cm³/mol. The smallest absolute Gasteiger partial charge is 0.238 e. The average molecular weight is 589 g/mol. The van der Waals surface area contributed by atoms with E-state index in [2.05, 4.69) is 120 Å². The lowest BCUT2D eigenvalue weighted by Crippen LogP contribution is -2.06. The van der Waals surface area contributed by atoms with Crippen molar-refractivity contribution in [2.75, 3.05) is 0 Å². The highest BCUT2D eigenvalue weighted by atomic mass is 16.3. The van der Waals surface area contributed by atoms with E-state index < -0.39 is 0 Å². The van der Waals surface area contributed by atoms with E-state index in [1.807, 2.05) is 30.3 Å². The van der Waals surface area contributed by atoms with Crippen LogP contribution in [-0.2, 0) is 0 Å². The van der Waals surface area contributed by atoms with Crippen LogP contribution in [0.2, 0.25) is 0 Å². The Morgan fingerprint density at radius 3 is 1.87 bits per heavy atom. The van der Waals surface area contributed by atoms with Crippen molar-refractivity contribution in [3.63, 3.8) is 0 Å². The number of benzene rings is 7. The standard InChI is InChI=1S/C41H24N4O/c1-2-12-27(13-3-1)39-42-40(28-18-21-32-36(24-28)46-35-23-20-26-11-5-7-15-30(26)38(32)35)44-41(43-39)45-33-17-9-8-16-31(33)37-29-14-6-4-10-25(29)19-22-34(37)45/h1-24H. The minimum Gasteiger partial charge on any atom is -0.456 e. The lowest BCUT2D eigenvalue weighted by atomic mass is 10.0. The van der Waals surface area contributed by atoms with Crippen LogP contribution in [-0.4, -0.2) is 19.5 Å². The molecule has 0 radical (unpaired) electrons. The second kappa shape index (κ2) is 9.58. The fourth-order valence-electron chi connectivity index (χ4n) is 6.95. The van der Waals surface area contributed by atoms with Crippen molar-refractivity contribution >= 4 is 65.3 Å². The molecular formula is C41H24N4O. The van der Waals surface area contributed by atoms with Crippen molar-refractivity contribution in [3.8, 4) is 28.7 Å². The number of hydrogen-bond acceptors (Lipinski definition) is 4. The van der Waals surface area contributed by atoms with Crippen molar-refractivity contribution in [3.05, 3.63) is 146 Å². The van der Waals surface area contributed by atoms with Crippen molar-refractivity contribution in [1.82, 2.24) is 19.5 Å². The summed E-state index contributed by atoms with van der Waals surface area (Å²) < 4.78 is 8.59. The van der Waals surface area contributed by atoms with E-state index >= 15 is 0 Å². The Balaban J connectivity index is 1.25. The first-order valence-electron chi connectivity index (χ1n) is 15.4. The lowest BCUT2D eigenvalue weighted by molar-refractivity contribution is 0.669. The molecule has 5 nitrogen and oxygen atoms in total. The molecule has 3 aromatic heterocycles. The van der Waals surface area contributed by atoms with Crippen LogP contribution < -0.4 is 0 Å². The monoisotopic (exact) mass is 588 g/mol. The highest BCUT2D eigenvalue weighted by molar-refractivity contribution is 6.21. The van der Waals surface area contributed by atoms with Crippen LogP contribution in [0.15, 0.2) is 150 Å². The summed E-state index contributed by atoms with van der Waals surface area (Å²) in [5.74, 6) is 1.77. The van der Waals surface area contributed by atoms with E-state index in [9.17, 15) is 0 Å². The number of hydrogen-bond donors (Lipinski definition) is 0. The van der Waals surface area contributed by atoms with Gasteiger partial charge < -0.3 is 4.42 Å². The molecule has 0 atom stereocenters. The minimum absolute atomic E-state index is 0.570. The van der Waals surface area contributed by atoms with E-state index in [-0.39, 0.29) is 0 Å². The van der Waals surface area contributed by atoms with Gasteiger partial charge in [-0.1, -0.05) is 115 Å². The van der Waals surface area contributed by atoms with Crippen LogP contribution in [0.5, 0.6) is 0 Å². The summed E-state index contributed by atoms with van der Waals surface area (Å²) in [4.78, 5) is 15.3. The highest BCUT2D eigenvalue weighted by Crippen LogP contribution is 2.38. The third-order valence-corrected chi connectivity index (χ3v) is 9.04. The molecule has 3 heterocycles. The normalized spacial score (nSPS) is 11.9. The van der Waals surface area contributed by atoms with E-state index in [0.29, 0.717) is 17.6 Å². The molecule has 0 bridgehead atoms. The van der Waals surface area contributed by atoms with Crippen LogP contribution >= 0.6 is 0 Å². The van der Waals surface area contributed by atoms with E-state index in [4.69, 9.17) is 19.4 Å². The van der Waals surface area contributed by atoms with Crippen LogP contribution in [0.3, 0.4) is 0 Å². The highest BCUT2D eigenvalue weighted by Gasteiger charge is 2.20. The summed E-state index contributed by atoms with van der Waals surface area (Å²) in [5.41, 5.74) is 5.55. The predicted octanol–water partition coefficient (Wildman–Crippen LogP) is 10.5. The molecule has 0 saturated heterocycles. The Labute approximate surface area is 263 Å². The maximum Gasteiger partial charge on any atom is 0.238 e. The van der Waals surface area contributed by atoms with Crippen LogP contribution in [0.4, 0.5) is 0 Å². The molecule has 10 rings (SSSR count). The van der Waals surface area contributed by atoms with Crippen molar-refractivity contribution in [1.29, 1.82) is 0 Å². The third kappa shape index (κ3) is 3.66. The maximum absolute atomic E-state index is 6.42. The SMILES string of the molecule is c1ccc(-c2nc(-c3ccc4c(c3)oc3ccc5ccccc5c34)nc(-n3c4ccccc4c4c5ccccc5ccc43)n2)cc1. The molecule has 0 aliphatic heterocycles. The first-order chi connectivity index (χ1) is 22.8. The van der Waals surface area contributed by atoms with E-state index in [0.717, 1.165) is 49.5 Å². The zero-order valence-electron chi connectivity index (χ0n) is 24.6. The van der Waals surface area contributed by atoms with Gasteiger partial charge in [0.1, 0.15) is 11.2 Å². The summed E-state index contributed by atoms with van der Waals surface area (Å²) in [6, 6.07) is 50.3. The summed E-state index contributed by atoms with van der Waals surface area (Å²) in [7, 11) is 0. The molecule has 0 amide bonds. The van der Waals surface area contributed by atoms with Crippen LogP contribution in [0.25, 0.3) is 94.0 Å². The number of furan rings is 1. The Morgan fingerprint density at radius 1 is 0.413 bits per heavy atom. The zero-order valence-corrected chi connectivity index (χ0v) is 24.6. The summed E-state index contributed by atoms with van der Waals surface area (Å²) in [6.45, 7) is 0. The fourth-order valence-corrected chi connectivity index (χ4v) is 6.95. The van der Waals surface area contributed by atoms with E-state index in [1.54, 1.807) is 0 Å². The van der Waals surface area contributed by atoms with Gasteiger partial charge in [-0.15, -0.1) is 0 Å². The molecule has 0 spiro atoms. The summed E-state index contributed by atoms with van der Waals surface area (Å²) >= 11 is 0. The maximum atomic E-state index is 6.42. The lowest BCUT2D eigenvalue weighted by Gasteiger charge is -2.11. The second-order valence-corrected chi connectivity index (χ2v) is 11.7. The Bertz CT molecular complexity index is 2810. The largest absolute Gasteiger partial charge is 0.456 e. The quantitative estimate of drug-likeness (QED) is 0.206. The number of rotatable bonds is 3. The number of fused-ring (bicyclic) bond motifs is 10. The Kier molecular flexibility index (Phi) is 5.22. The molecule has 0 fully saturated rings. The third-order valence-electron chi connectivity index (χ3n) is 9.04. The van der Waals surface area contributed by atoms with Gasteiger partial charge in [-0.25, -0.2) is 4.98 Å². The minimum atomic E-state index is 0.570. The molecule has 0 unspecified atom stereocenters. The first-order valence-corrected chi connectivity index (χ1v) is 15.4. The molecule has 0 aliphatic rings. The molecule has 7 aromatic carbocycles. The van der Waals surface area contributed by atoms with Gasteiger partial charge in [0.05, 0.1) is 11.0 Å². The summed E-state index contributed by atoms with van der Waals surface area (Å²) in [6.07, 6.45) is 0. The van der Waals surface area contributed by atoms with Gasteiger partial charge in [0.15, 0.2) is 11.6 Å². The zero-order chi connectivity index (χ0) is 30.2. The van der Waals surface area contributed by atoms with Gasteiger partial charge in [0.2, 0.25) is 5.95 Å².